The van der Waals surface area contributed by atoms with Crippen molar-refractivity contribution >= 4 is 49.3 Å². The van der Waals surface area contributed by atoms with E-state index in [1.165, 1.54) is 18.2 Å². The molecular formula is C41H25F6N3. The van der Waals surface area contributed by atoms with Gasteiger partial charge in [-0.1, -0.05) is 59.7 Å². The first-order valence-electron chi connectivity index (χ1n) is 15.7. The van der Waals surface area contributed by atoms with E-state index in [-0.39, 0.29) is 28.2 Å². The minimum absolute atomic E-state index is 0.0322. The van der Waals surface area contributed by atoms with Crippen LogP contribution in [0, 0.1) is 20.4 Å². The summed E-state index contributed by atoms with van der Waals surface area (Å²) in [5.41, 5.74) is 1.12. The number of para-hydroxylation sites is 2. The van der Waals surface area contributed by atoms with Gasteiger partial charge in [-0.05, 0) is 91.7 Å². The number of alkyl halides is 6. The van der Waals surface area contributed by atoms with Gasteiger partial charge in [-0.25, -0.2) is 4.85 Å². The molecule has 0 radical (unpaired) electrons. The van der Waals surface area contributed by atoms with E-state index in [1.807, 2.05) is 62.4 Å². The van der Waals surface area contributed by atoms with Gasteiger partial charge in [0.05, 0.1) is 40.0 Å². The molecule has 0 aliphatic carbocycles. The molecule has 0 aliphatic heterocycles. The molecule has 0 aliphatic rings. The van der Waals surface area contributed by atoms with E-state index in [4.69, 9.17) is 6.57 Å². The van der Waals surface area contributed by atoms with E-state index in [0.29, 0.717) is 22.1 Å². The van der Waals surface area contributed by atoms with Crippen molar-refractivity contribution in [2.24, 2.45) is 0 Å². The standard InChI is InChI=1S/C41H25F6N3/c1-23-12-14-35-31(16-23)29-8-4-6-10-33(29)49(35)37-20-26(25-18-27(40(42,43)44)22-28(19-25)48-3)21-38(39(37)41(45,46)47)50-34-11-7-5-9-30(34)32-17-24(2)13-15-36(32)50/h4-22H,1-2H3. The molecule has 0 unspecified atom stereocenters. The molecule has 2 heterocycles. The van der Waals surface area contributed by atoms with Crippen molar-refractivity contribution in [2.45, 2.75) is 26.2 Å². The Morgan fingerprint density at radius 3 is 1.42 bits per heavy atom. The van der Waals surface area contributed by atoms with Gasteiger partial charge in [-0.3, -0.25) is 0 Å². The molecule has 0 saturated carbocycles. The lowest BCUT2D eigenvalue weighted by Gasteiger charge is -2.23. The molecule has 0 saturated heterocycles. The van der Waals surface area contributed by atoms with Crippen molar-refractivity contribution in [1.29, 1.82) is 0 Å². The van der Waals surface area contributed by atoms with Gasteiger partial charge in [0.15, 0.2) is 5.69 Å². The molecule has 0 bridgehead atoms. The Bertz CT molecular complexity index is 2580. The first-order chi connectivity index (χ1) is 23.8. The highest BCUT2D eigenvalue weighted by atomic mass is 19.4. The lowest BCUT2D eigenvalue weighted by atomic mass is 9.97. The molecule has 8 aromatic rings. The SMILES string of the molecule is [C-]#[N+]c1cc(-c2cc(-n3c4ccccc4c4cc(C)ccc43)c(C(F)(F)F)c(-n3c4ccccc4c4cc(C)ccc43)c2)cc(C(F)(F)F)c1. The summed E-state index contributed by atoms with van der Waals surface area (Å²) in [4.78, 5) is 3.27. The van der Waals surface area contributed by atoms with Gasteiger partial charge in [0.2, 0.25) is 0 Å². The Balaban J connectivity index is 1.60. The number of fused-ring (bicyclic) bond motifs is 6. The molecule has 3 nitrogen and oxygen atoms in total. The Morgan fingerprint density at radius 2 is 0.960 bits per heavy atom. The number of nitrogens with zero attached hydrogens (tertiary/aromatic N) is 3. The summed E-state index contributed by atoms with van der Waals surface area (Å²) in [6.07, 6.45) is -9.70. The number of benzene rings is 6. The van der Waals surface area contributed by atoms with Crippen LogP contribution in [0.1, 0.15) is 22.3 Å². The van der Waals surface area contributed by atoms with Crippen LogP contribution in [0.2, 0.25) is 0 Å². The van der Waals surface area contributed by atoms with Gasteiger partial charge in [-0.2, -0.15) is 26.3 Å². The second-order valence-electron chi connectivity index (χ2n) is 12.5. The van der Waals surface area contributed by atoms with Crippen LogP contribution in [0.3, 0.4) is 0 Å². The quantitative estimate of drug-likeness (QED) is 0.131. The van der Waals surface area contributed by atoms with E-state index >= 15 is 13.2 Å². The van der Waals surface area contributed by atoms with Crippen LogP contribution < -0.4 is 0 Å². The van der Waals surface area contributed by atoms with Crippen LogP contribution in [0.5, 0.6) is 0 Å². The van der Waals surface area contributed by atoms with Crippen LogP contribution in [0.25, 0.3) is 71.0 Å². The van der Waals surface area contributed by atoms with Gasteiger partial charge in [0, 0.05) is 27.1 Å². The second-order valence-corrected chi connectivity index (χ2v) is 12.5. The van der Waals surface area contributed by atoms with Crippen molar-refractivity contribution in [3.05, 3.63) is 149 Å². The Hall–Kier alpha value is -6.01. The monoisotopic (exact) mass is 673 g/mol. The molecule has 0 spiro atoms. The number of hydrogen-bond acceptors (Lipinski definition) is 0. The topological polar surface area (TPSA) is 14.2 Å². The fourth-order valence-corrected chi connectivity index (χ4v) is 7.12. The predicted octanol–water partition coefficient (Wildman–Crippen LogP) is 12.8. The van der Waals surface area contributed by atoms with E-state index in [9.17, 15) is 13.2 Å². The van der Waals surface area contributed by atoms with Crippen LogP contribution in [-0.2, 0) is 12.4 Å². The normalized spacial score (nSPS) is 12.4. The van der Waals surface area contributed by atoms with Crippen LogP contribution >= 0.6 is 0 Å². The number of hydrogen-bond donors (Lipinski definition) is 0. The minimum Gasteiger partial charge on any atom is -0.309 e. The molecule has 246 valence electrons. The molecule has 6 aromatic carbocycles. The molecule has 0 atom stereocenters. The minimum atomic E-state index is -4.91. The molecule has 0 fully saturated rings. The molecule has 9 heteroatoms. The van der Waals surface area contributed by atoms with Crippen molar-refractivity contribution in [3.8, 4) is 22.5 Å². The van der Waals surface area contributed by atoms with E-state index in [0.717, 1.165) is 44.8 Å². The van der Waals surface area contributed by atoms with Gasteiger partial charge in [-0.15, -0.1) is 0 Å². The van der Waals surface area contributed by atoms with E-state index in [2.05, 4.69) is 4.85 Å². The summed E-state index contributed by atoms with van der Waals surface area (Å²) in [7, 11) is 0. The highest BCUT2D eigenvalue weighted by molar-refractivity contribution is 6.11. The molecule has 8 rings (SSSR count). The van der Waals surface area contributed by atoms with Crippen molar-refractivity contribution in [1.82, 2.24) is 9.13 Å². The van der Waals surface area contributed by atoms with E-state index < -0.39 is 23.5 Å². The van der Waals surface area contributed by atoms with Crippen molar-refractivity contribution < 1.29 is 26.3 Å². The fourth-order valence-electron chi connectivity index (χ4n) is 7.12. The highest BCUT2D eigenvalue weighted by Crippen LogP contribution is 2.47. The third kappa shape index (κ3) is 4.90. The lowest BCUT2D eigenvalue weighted by Crippen LogP contribution is -2.16. The van der Waals surface area contributed by atoms with Crippen LogP contribution in [0.15, 0.2) is 115 Å². The van der Waals surface area contributed by atoms with Gasteiger partial charge < -0.3 is 9.13 Å². The summed E-state index contributed by atoms with van der Waals surface area (Å²) < 4.78 is 93.1. The second kappa shape index (κ2) is 11.0. The third-order valence-corrected chi connectivity index (χ3v) is 9.23. The number of halogens is 6. The first-order valence-corrected chi connectivity index (χ1v) is 15.7. The zero-order valence-corrected chi connectivity index (χ0v) is 26.6. The zero-order valence-electron chi connectivity index (χ0n) is 26.6. The van der Waals surface area contributed by atoms with Crippen LogP contribution in [0.4, 0.5) is 32.0 Å². The first kappa shape index (κ1) is 31.3. The predicted molar refractivity (Wildman–Crippen MR) is 186 cm³/mol. The summed E-state index contributed by atoms with van der Waals surface area (Å²) in [5.74, 6) is 0. The van der Waals surface area contributed by atoms with Crippen LogP contribution in [-0.4, -0.2) is 9.13 Å². The molecule has 0 N–H and O–H groups in total. The third-order valence-electron chi connectivity index (χ3n) is 9.23. The zero-order chi connectivity index (χ0) is 35.1. The average molecular weight is 674 g/mol. The molecule has 50 heavy (non-hydrogen) atoms. The maximum atomic E-state index is 15.9. The highest BCUT2D eigenvalue weighted by Gasteiger charge is 2.40. The maximum absolute atomic E-state index is 15.9. The Kier molecular flexibility index (Phi) is 6.88. The Morgan fingerprint density at radius 1 is 0.500 bits per heavy atom. The molecule has 0 amide bonds. The van der Waals surface area contributed by atoms with E-state index in [1.54, 1.807) is 45.5 Å². The van der Waals surface area contributed by atoms with Gasteiger partial charge in [0.25, 0.3) is 0 Å². The maximum Gasteiger partial charge on any atom is 0.420 e. The van der Waals surface area contributed by atoms with Crippen molar-refractivity contribution in [2.75, 3.05) is 0 Å². The number of aromatic nitrogens is 2. The lowest BCUT2D eigenvalue weighted by molar-refractivity contribution is -0.138. The summed E-state index contributed by atoms with van der Waals surface area (Å²) in [6.45, 7) is 11.3. The van der Waals surface area contributed by atoms with Gasteiger partial charge in [0.1, 0.15) is 5.56 Å². The summed E-state index contributed by atoms with van der Waals surface area (Å²) in [6, 6.07) is 30.8. The average Bonchev–Trinajstić information content (AvgIpc) is 3.58. The summed E-state index contributed by atoms with van der Waals surface area (Å²) in [5, 5.41) is 2.94. The Labute approximate surface area is 282 Å². The molecule has 2 aromatic heterocycles. The molecular weight excluding hydrogens is 648 g/mol. The largest absolute Gasteiger partial charge is 0.420 e. The van der Waals surface area contributed by atoms with Gasteiger partial charge >= 0.3 is 12.4 Å². The summed E-state index contributed by atoms with van der Waals surface area (Å²) >= 11 is 0. The van der Waals surface area contributed by atoms with Crippen molar-refractivity contribution in [3.63, 3.8) is 0 Å². The smallest absolute Gasteiger partial charge is 0.309 e. The number of rotatable bonds is 3. The fraction of sp³-hybridized carbons (Fsp3) is 0.0976. The number of aryl methyl sites for hydroxylation is 2.